The lowest BCUT2D eigenvalue weighted by molar-refractivity contribution is 0.623. The molecule has 1 unspecified atom stereocenters. The number of nitrogens with zero attached hydrogens (tertiary/aromatic N) is 1. The molecule has 0 aromatic heterocycles. The lowest BCUT2D eigenvalue weighted by Gasteiger charge is -2.11. The molecule has 0 amide bonds. The van der Waals surface area contributed by atoms with E-state index in [1.54, 1.807) is 19.1 Å². The zero-order valence-corrected chi connectivity index (χ0v) is 7.98. The Hall–Kier alpha value is -1.07. The molecule has 0 saturated carbocycles. The predicted octanol–water partition coefficient (Wildman–Crippen LogP) is 2.89. The SMILES string of the molecule is CC(Cl)(C#N)Cc1cccc(F)c1. The predicted molar refractivity (Wildman–Crippen MR) is 50.0 cm³/mol. The summed E-state index contributed by atoms with van der Waals surface area (Å²) < 4.78 is 12.7. The Balaban J connectivity index is 2.82. The third-order valence-electron chi connectivity index (χ3n) is 1.66. The number of hydrogen-bond acceptors (Lipinski definition) is 1. The van der Waals surface area contributed by atoms with Gasteiger partial charge in [0.25, 0.3) is 0 Å². The average Bonchev–Trinajstić information content (AvgIpc) is 2.03. The highest BCUT2D eigenvalue weighted by molar-refractivity contribution is 6.25. The quantitative estimate of drug-likeness (QED) is 0.669. The van der Waals surface area contributed by atoms with E-state index in [0.29, 0.717) is 6.42 Å². The molecule has 0 spiro atoms. The second-order valence-corrected chi connectivity index (χ2v) is 3.95. The molecule has 1 rings (SSSR count). The van der Waals surface area contributed by atoms with Gasteiger partial charge in [0.1, 0.15) is 10.7 Å². The lowest BCUT2D eigenvalue weighted by atomic mass is 10.0. The fourth-order valence-corrected chi connectivity index (χ4v) is 1.22. The minimum Gasteiger partial charge on any atom is -0.207 e. The largest absolute Gasteiger partial charge is 0.207 e. The summed E-state index contributed by atoms with van der Waals surface area (Å²) in [5.41, 5.74) is 0.735. The molecular weight excluding hydrogens is 189 g/mol. The van der Waals surface area contributed by atoms with Crippen molar-refractivity contribution in [2.24, 2.45) is 0 Å². The molecule has 3 heteroatoms. The van der Waals surface area contributed by atoms with E-state index in [2.05, 4.69) is 0 Å². The Kier molecular flexibility index (Phi) is 2.90. The van der Waals surface area contributed by atoms with Crippen molar-refractivity contribution in [1.82, 2.24) is 0 Å². The molecule has 1 nitrogen and oxygen atoms in total. The van der Waals surface area contributed by atoms with Crippen LogP contribution >= 0.6 is 11.6 Å². The van der Waals surface area contributed by atoms with Crippen molar-refractivity contribution in [2.75, 3.05) is 0 Å². The van der Waals surface area contributed by atoms with Gasteiger partial charge in [0.15, 0.2) is 0 Å². The highest BCUT2D eigenvalue weighted by Crippen LogP contribution is 2.19. The van der Waals surface area contributed by atoms with Gasteiger partial charge in [-0.15, -0.1) is 11.6 Å². The zero-order valence-electron chi connectivity index (χ0n) is 7.22. The van der Waals surface area contributed by atoms with Crippen LogP contribution in [0.4, 0.5) is 4.39 Å². The standard InChI is InChI=1S/C10H9ClFN/c1-10(11,7-13)6-8-3-2-4-9(12)5-8/h2-5H,6H2,1H3. The van der Waals surface area contributed by atoms with Crippen LogP contribution in [0.2, 0.25) is 0 Å². The minimum absolute atomic E-state index is 0.303. The van der Waals surface area contributed by atoms with Crippen LogP contribution in [-0.2, 0) is 6.42 Å². The zero-order chi connectivity index (χ0) is 9.90. The lowest BCUT2D eigenvalue weighted by Crippen LogP contribution is -2.16. The molecular formula is C10H9ClFN. The molecule has 0 aliphatic carbocycles. The van der Waals surface area contributed by atoms with Gasteiger partial charge in [-0.25, -0.2) is 4.39 Å². The van der Waals surface area contributed by atoms with E-state index in [1.807, 2.05) is 6.07 Å². The molecule has 68 valence electrons. The van der Waals surface area contributed by atoms with Crippen LogP contribution in [0.1, 0.15) is 12.5 Å². The van der Waals surface area contributed by atoms with Gasteiger partial charge in [0.05, 0.1) is 6.07 Å². The first kappa shape index (κ1) is 10.0. The van der Waals surface area contributed by atoms with E-state index in [4.69, 9.17) is 16.9 Å². The topological polar surface area (TPSA) is 23.8 Å². The molecule has 0 aliphatic rings. The Morgan fingerprint density at radius 1 is 1.62 bits per heavy atom. The second-order valence-electron chi connectivity index (χ2n) is 3.12. The van der Waals surface area contributed by atoms with Crippen LogP contribution in [0.5, 0.6) is 0 Å². The third kappa shape index (κ3) is 3.04. The Morgan fingerprint density at radius 2 is 2.31 bits per heavy atom. The molecule has 1 aromatic carbocycles. The van der Waals surface area contributed by atoms with Crippen molar-refractivity contribution < 1.29 is 4.39 Å². The molecule has 0 saturated heterocycles. The molecule has 0 aliphatic heterocycles. The van der Waals surface area contributed by atoms with Gasteiger partial charge >= 0.3 is 0 Å². The van der Waals surface area contributed by atoms with E-state index in [0.717, 1.165) is 5.56 Å². The number of halogens is 2. The van der Waals surface area contributed by atoms with E-state index in [1.165, 1.54) is 12.1 Å². The number of alkyl halides is 1. The van der Waals surface area contributed by atoms with Gasteiger partial charge in [0.2, 0.25) is 0 Å². The Morgan fingerprint density at radius 3 is 2.85 bits per heavy atom. The summed E-state index contributed by atoms with van der Waals surface area (Å²) in [4.78, 5) is -0.951. The fraction of sp³-hybridized carbons (Fsp3) is 0.300. The summed E-state index contributed by atoms with van der Waals surface area (Å²) in [6.45, 7) is 1.61. The number of rotatable bonds is 2. The van der Waals surface area contributed by atoms with Crippen molar-refractivity contribution in [3.8, 4) is 6.07 Å². The molecule has 0 N–H and O–H groups in total. The molecule has 0 radical (unpaired) electrons. The first-order valence-corrected chi connectivity index (χ1v) is 4.26. The van der Waals surface area contributed by atoms with Crippen molar-refractivity contribution in [3.63, 3.8) is 0 Å². The third-order valence-corrected chi connectivity index (χ3v) is 1.88. The van der Waals surface area contributed by atoms with Gasteiger partial charge < -0.3 is 0 Å². The molecule has 0 bridgehead atoms. The van der Waals surface area contributed by atoms with Crippen LogP contribution in [0.25, 0.3) is 0 Å². The smallest absolute Gasteiger partial charge is 0.132 e. The van der Waals surface area contributed by atoms with Gasteiger partial charge in [-0.2, -0.15) is 5.26 Å². The Labute approximate surface area is 81.8 Å². The van der Waals surface area contributed by atoms with Crippen molar-refractivity contribution >= 4 is 11.6 Å². The summed E-state index contributed by atoms with van der Waals surface area (Å²) in [5.74, 6) is -0.303. The highest BCUT2D eigenvalue weighted by Gasteiger charge is 2.20. The Bertz CT molecular complexity index is 341. The van der Waals surface area contributed by atoms with E-state index >= 15 is 0 Å². The van der Waals surface area contributed by atoms with Gasteiger partial charge in [0, 0.05) is 6.42 Å². The number of nitriles is 1. The molecule has 0 heterocycles. The van der Waals surface area contributed by atoms with E-state index in [9.17, 15) is 4.39 Å². The van der Waals surface area contributed by atoms with E-state index in [-0.39, 0.29) is 5.82 Å². The first-order chi connectivity index (χ1) is 6.03. The summed E-state index contributed by atoms with van der Waals surface area (Å²) in [5, 5.41) is 8.65. The van der Waals surface area contributed by atoms with Crippen molar-refractivity contribution in [1.29, 1.82) is 5.26 Å². The molecule has 13 heavy (non-hydrogen) atoms. The highest BCUT2D eigenvalue weighted by atomic mass is 35.5. The van der Waals surface area contributed by atoms with Gasteiger partial charge in [-0.3, -0.25) is 0 Å². The van der Waals surface area contributed by atoms with Crippen molar-refractivity contribution in [2.45, 2.75) is 18.2 Å². The molecule has 1 aromatic rings. The first-order valence-electron chi connectivity index (χ1n) is 3.88. The average molecular weight is 198 g/mol. The van der Waals surface area contributed by atoms with Crippen LogP contribution in [0, 0.1) is 17.1 Å². The maximum Gasteiger partial charge on any atom is 0.132 e. The molecule has 0 fully saturated rings. The van der Waals surface area contributed by atoms with Crippen LogP contribution in [-0.4, -0.2) is 4.87 Å². The van der Waals surface area contributed by atoms with Crippen LogP contribution in [0.3, 0.4) is 0 Å². The number of hydrogen-bond donors (Lipinski definition) is 0. The second kappa shape index (κ2) is 3.76. The van der Waals surface area contributed by atoms with Crippen LogP contribution < -0.4 is 0 Å². The summed E-state index contributed by atoms with van der Waals surface area (Å²) in [6.07, 6.45) is 0.350. The summed E-state index contributed by atoms with van der Waals surface area (Å²) >= 11 is 5.82. The monoisotopic (exact) mass is 197 g/mol. The fourth-order valence-electron chi connectivity index (χ4n) is 1.07. The summed E-state index contributed by atoms with van der Waals surface area (Å²) in [7, 11) is 0. The number of benzene rings is 1. The maximum absolute atomic E-state index is 12.7. The summed E-state index contributed by atoms with van der Waals surface area (Å²) in [6, 6.07) is 8.06. The minimum atomic E-state index is -0.951. The normalized spacial score (nSPS) is 14.6. The van der Waals surface area contributed by atoms with Gasteiger partial charge in [-0.1, -0.05) is 12.1 Å². The maximum atomic E-state index is 12.7. The van der Waals surface area contributed by atoms with Crippen molar-refractivity contribution in [3.05, 3.63) is 35.6 Å². The van der Waals surface area contributed by atoms with E-state index < -0.39 is 4.87 Å². The molecule has 1 atom stereocenters. The van der Waals surface area contributed by atoms with Crippen LogP contribution in [0.15, 0.2) is 24.3 Å². The van der Waals surface area contributed by atoms with Gasteiger partial charge in [-0.05, 0) is 24.6 Å².